The van der Waals surface area contributed by atoms with Crippen molar-refractivity contribution in [2.75, 3.05) is 30.0 Å². The largest absolute Gasteiger partial charge is 0.492 e. The maximum atomic E-state index is 12.5. The Balaban J connectivity index is 1.59. The van der Waals surface area contributed by atoms with Crippen LogP contribution >= 0.6 is 11.8 Å². The van der Waals surface area contributed by atoms with Crippen LogP contribution in [0.25, 0.3) is 0 Å². The van der Waals surface area contributed by atoms with E-state index in [4.69, 9.17) is 4.74 Å². The summed E-state index contributed by atoms with van der Waals surface area (Å²) in [6, 6.07) is 20.3. The molecule has 34 heavy (non-hydrogen) atoms. The van der Waals surface area contributed by atoms with Gasteiger partial charge in [0.05, 0.1) is 25.0 Å². The molecule has 3 rings (SSSR count). The van der Waals surface area contributed by atoms with Crippen molar-refractivity contribution in [1.82, 2.24) is 5.32 Å². The molecule has 0 unspecified atom stereocenters. The van der Waals surface area contributed by atoms with Crippen molar-refractivity contribution in [2.45, 2.75) is 25.3 Å². The van der Waals surface area contributed by atoms with E-state index in [1.165, 1.54) is 27.9 Å². The lowest BCUT2D eigenvalue weighted by atomic mass is 10.1. The number of rotatable bonds is 10. The molecule has 1 amide bonds. The average Bonchev–Trinajstić information content (AvgIpc) is 2.82. The van der Waals surface area contributed by atoms with Crippen molar-refractivity contribution in [1.29, 1.82) is 0 Å². The second kappa shape index (κ2) is 11.4. The van der Waals surface area contributed by atoms with Gasteiger partial charge in [-0.3, -0.25) is 9.10 Å². The number of thioether (sulfide) groups is 1. The Kier molecular flexibility index (Phi) is 8.63. The van der Waals surface area contributed by atoms with Crippen LogP contribution in [-0.2, 0) is 16.6 Å². The summed E-state index contributed by atoms with van der Waals surface area (Å²) in [7, 11) is -3.49. The second-order valence-electron chi connectivity index (χ2n) is 7.99. The Morgan fingerprint density at radius 3 is 2.35 bits per heavy atom. The molecule has 0 saturated heterocycles. The van der Waals surface area contributed by atoms with Crippen molar-refractivity contribution >= 4 is 33.4 Å². The minimum absolute atomic E-state index is 0.183. The number of hydrogen-bond acceptors (Lipinski definition) is 5. The molecule has 0 atom stereocenters. The number of amides is 1. The summed E-state index contributed by atoms with van der Waals surface area (Å²) in [6.07, 6.45) is 3.12. The van der Waals surface area contributed by atoms with Gasteiger partial charge in [-0.2, -0.15) is 0 Å². The number of carbonyl (C=O) groups excluding carboxylic acids is 1. The molecule has 8 heteroatoms. The molecular weight excluding hydrogens is 468 g/mol. The molecule has 0 aromatic heterocycles. The monoisotopic (exact) mass is 498 g/mol. The summed E-state index contributed by atoms with van der Waals surface area (Å²) in [4.78, 5) is 13.4. The van der Waals surface area contributed by atoms with Crippen molar-refractivity contribution in [2.24, 2.45) is 0 Å². The van der Waals surface area contributed by atoms with Crippen LogP contribution in [0, 0.1) is 13.8 Å². The summed E-state index contributed by atoms with van der Waals surface area (Å²) >= 11 is 1.50. The summed E-state index contributed by atoms with van der Waals surface area (Å²) < 4.78 is 32.1. The molecule has 0 heterocycles. The number of sulfonamides is 1. The van der Waals surface area contributed by atoms with E-state index in [1.54, 1.807) is 30.3 Å². The van der Waals surface area contributed by atoms with Crippen molar-refractivity contribution in [3.05, 3.63) is 89.0 Å². The van der Waals surface area contributed by atoms with Gasteiger partial charge in [0.2, 0.25) is 10.0 Å². The number of aryl methyl sites for hydroxylation is 2. The molecule has 0 saturated carbocycles. The maximum absolute atomic E-state index is 12.5. The van der Waals surface area contributed by atoms with Crippen molar-refractivity contribution in [3.8, 4) is 5.75 Å². The maximum Gasteiger partial charge on any atom is 0.251 e. The predicted octanol–water partition coefficient (Wildman–Crippen LogP) is 4.80. The summed E-state index contributed by atoms with van der Waals surface area (Å²) in [6.45, 7) is 5.00. The number of nitrogens with one attached hydrogen (secondary N) is 1. The normalized spacial score (nSPS) is 11.2. The van der Waals surface area contributed by atoms with Crippen LogP contribution in [0.5, 0.6) is 5.75 Å². The van der Waals surface area contributed by atoms with Gasteiger partial charge < -0.3 is 10.1 Å². The highest BCUT2D eigenvalue weighted by Gasteiger charge is 2.20. The van der Waals surface area contributed by atoms with E-state index in [-0.39, 0.29) is 12.5 Å². The molecule has 0 fully saturated rings. The highest BCUT2D eigenvalue weighted by Crippen LogP contribution is 2.31. The minimum Gasteiger partial charge on any atom is -0.492 e. The van der Waals surface area contributed by atoms with Crippen molar-refractivity contribution in [3.63, 3.8) is 0 Å². The van der Waals surface area contributed by atoms with E-state index in [2.05, 4.69) is 5.32 Å². The SMILES string of the molecule is CSc1ccccc1N(Cc1ccc(C(=O)NCCOc2ccc(C)c(C)c2)cc1)S(C)(=O)=O. The van der Waals surface area contributed by atoms with E-state index in [9.17, 15) is 13.2 Å². The number of anilines is 1. The molecule has 0 spiro atoms. The first-order valence-corrected chi connectivity index (χ1v) is 13.9. The van der Waals surface area contributed by atoms with Gasteiger partial charge in [0.1, 0.15) is 12.4 Å². The molecule has 6 nitrogen and oxygen atoms in total. The molecule has 0 aliphatic carbocycles. The number of ether oxygens (including phenoxy) is 1. The molecule has 0 radical (unpaired) electrons. The molecular formula is C26H30N2O4S2. The van der Waals surface area contributed by atoms with E-state index in [0.717, 1.165) is 21.8 Å². The molecule has 0 aliphatic rings. The summed E-state index contributed by atoms with van der Waals surface area (Å²) in [5.41, 5.74) is 4.30. The van der Waals surface area contributed by atoms with Crippen LogP contribution < -0.4 is 14.4 Å². The van der Waals surface area contributed by atoms with Gasteiger partial charge in [-0.05, 0) is 73.2 Å². The molecule has 0 bridgehead atoms. The second-order valence-corrected chi connectivity index (χ2v) is 10.7. The number of hydrogen-bond donors (Lipinski definition) is 1. The highest BCUT2D eigenvalue weighted by atomic mass is 32.2. The lowest BCUT2D eigenvalue weighted by Gasteiger charge is -2.24. The number of carbonyl (C=O) groups is 1. The molecule has 1 N–H and O–H groups in total. The molecule has 0 aliphatic heterocycles. The zero-order valence-corrected chi connectivity index (χ0v) is 21.5. The molecule has 3 aromatic rings. The Bertz CT molecular complexity index is 1240. The highest BCUT2D eigenvalue weighted by molar-refractivity contribution is 7.99. The molecule has 3 aromatic carbocycles. The fourth-order valence-electron chi connectivity index (χ4n) is 3.38. The standard InChI is InChI=1S/C26H30N2O4S2/c1-19-9-14-23(17-20(19)2)32-16-15-27-26(29)22-12-10-21(11-13-22)18-28(34(4,30)31)24-7-5-6-8-25(24)33-3/h5-14,17H,15-16,18H2,1-4H3,(H,27,29). The average molecular weight is 499 g/mol. The topological polar surface area (TPSA) is 75.7 Å². The third-order valence-corrected chi connectivity index (χ3v) is 7.34. The number of benzene rings is 3. The Morgan fingerprint density at radius 1 is 1.00 bits per heavy atom. The van der Waals surface area contributed by atoms with Gasteiger partial charge >= 0.3 is 0 Å². The fourth-order valence-corrected chi connectivity index (χ4v) is 4.94. The first-order chi connectivity index (χ1) is 16.2. The summed E-state index contributed by atoms with van der Waals surface area (Å²) in [5.74, 6) is 0.572. The van der Waals surface area contributed by atoms with Crippen LogP contribution in [0.4, 0.5) is 5.69 Å². The number of para-hydroxylation sites is 1. The van der Waals surface area contributed by atoms with Gasteiger partial charge in [-0.1, -0.05) is 30.3 Å². The van der Waals surface area contributed by atoms with Crippen LogP contribution in [0.2, 0.25) is 0 Å². The van der Waals surface area contributed by atoms with E-state index in [0.29, 0.717) is 24.4 Å². The zero-order chi connectivity index (χ0) is 24.7. The Morgan fingerprint density at radius 2 is 1.71 bits per heavy atom. The minimum atomic E-state index is -3.49. The Hall–Kier alpha value is -2.97. The first kappa shape index (κ1) is 25.6. The lowest BCUT2D eigenvalue weighted by Crippen LogP contribution is -2.30. The smallest absolute Gasteiger partial charge is 0.251 e. The third-order valence-electron chi connectivity index (χ3n) is 5.43. The van der Waals surface area contributed by atoms with Crippen molar-refractivity contribution < 1.29 is 17.9 Å². The van der Waals surface area contributed by atoms with Gasteiger partial charge in [-0.25, -0.2) is 8.42 Å². The lowest BCUT2D eigenvalue weighted by molar-refractivity contribution is 0.0947. The first-order valence-electron chi connectivity index (χ1n) is 10.9. The fraction of sp³-hybridized carbons (Fsp3) is 0.269. The zero-order valence-electron chi connectivity index (χ0n) is 19.9. The van der Waals surface area contributed by atoms with Crippen LogP contribution in [0.3, 0.4) is 0 Å². The Labute approximate surface area is 206 Å². The predicted molar refractivity (Wildman–Crippen MR) is 139 cm³/mol. The van der Waals surface area contributed by atoms with Gasteiger partial charge in [0.25, 0.3) is 5.91 Å². The van der Waals surface area contributed by atoms with Crippen LogP contribution in [0.1, 0.15) is 27.0 Å². The van der Waals surface area contributed by atoms with E-state index >= 15 is 0 Å². The summed E-state index contributed by atoms with van der Waals surface area (Å²) in [5, 5.41) is 2.85. The third kappa shape index (κ3) is 6.77. The van der Waals surface area contributed by atoms with Gasteiger partial charge in [-0.15, -0.1) is 11.8 Å². The number of nitrogens with zero attached hydrogens (tertiary/aromatic N) is 1. The van der Waals surface area contributed by atoms with Crippen LogP contribution in [-0.4, -0.2) is 40.0 Å². The van der Waals surface area contributed by atoms with E-state index in [1.807, 2.05) is 56.5 Å². The van der Waals surface area contributed by atoms with E-state index < -0.39 is 10.0 Å². The molecule has 180 valence electrons. The quantitative estimate of drug-likeness (QED) is 0.321. The van der Waals surface area contributed by atoms with Gasteiger partial charge in [0.15, 0.2) is 0 Å². The van der Waals surface area contributed by atoms with Gasteiger partial charge in [0, 0.05) is 10.5 Å². The van der Waals surface area contributed by atoms with Crippen LogP contribution in [0.15, 0.2) is 71.6 Å².